The van der Waals surface area contributed by atoms with Gasteiger partial charge in [0.2, 0.25) is 0 Å². The van der Waals surface area contributed by atoms with Gasteiger partial charge in [0.1, 0.15) is 0 Å². The number of benzene rings is 3. The lowest BCUT2D eigenvalue weighted by atomic mass is 9.77. The van der Waals surface area contributed by atoms with Gasteiger partial charge in [-0.05, 0) is 58.7 Å². The molecule has 3 aromatic carbocycles. The number of carbonyl (C=O) groups is 1. The Labute approximate surface area is 155 Å². The van der Waals surface area contributed by atoms with Crippen molar-refractivity contribution in [3.8, 4) is 11.1 Å². The summed E-state index contributed by atoms with van der Waals surface area (Å²) in [5.41, 5.74) is 8.73. The predicted molar refractivity (Wildman–Crippen MR) is 104 cm³/mol. The first-order valence-corrected chi connectivity index (χ1v) is 9.55. The summed E-state index contributed by atoms with van der Waals surface area (Å²) in [5, 5.41) is 0. The fourth-order valence-corrected chi connectivity index (χ4v) is 5.01. The Balaban J connectivity index is 1.60. The van der Waals surface area contributed by atoms with Gasteiger partial charge in [0.15, 0.2) is 5.78 Å². The average molecular weight is 389 g/mol. The first-order valence-electron chi connectivity index (χ1n) is 8.75. The normalized spacial score (nSPS) is 17.8. The monoisotopic (exact) mass is 388 g/mol. The zero-order chi connectivity index (χ0) is 17.0. The maximum atomic E-state index is 13.2. The van der Waals surface area contributed by atoms with Gasteiger partial charge < -0.3 is 0 Å². The van der Waals surface area contributed by atoms with Gasteiger partial charge in [0, 0.05) is 16.0 Å². The van der Waals surface area contributed by atoms with E-state index >= 15 is 0 Å². The van der Waals surface area contributed by atoms with Crippen molar-refractivity contribution in [3.05, 3.63) is 93.0 Å². The van der Waals surface area contributed by atoms with Crippen LogP contribution in [-0.2, 0) is 12.8 Å². The summed E-state index contributed by atoms with van der Waals surface area (Å²) in [6, 6.07) is 20.9. The first-order chi connectivity index (χ1) is 12.2. The number of Topliss-reactive ketones (excluding diaryl/α,β-unsaturated/α-hetero) is 1. The van der Waals surface area contributed by atoms with Gasteiger partial charge in [-0.15, -0.1) is 0 Å². The molecule has 1 unspecified atom stereocenters. The number of ketones is 1. The van der Waals surface area contributed by atoms with Gasteiger partial charge >= 0.3 is 0 Å². The molecule has 2 heteroatoms. The van der Waals surface area contributed by atoms with Crippen LogP contribution in [0.5, 0.6) is 0 Å². The highest BCUT2D eigenvalue weighted by Crippen LogP contribution is 2.44. The van der Waals surface area contributed by atoms with Gasteiger partial charge in [0.25, 0.3) is 0 Å². The van der Waals surface area contributed by atoms with E-state index in [2.05, 4.69) is 58.4 Å². The molecule has 0 saturated carbocycles. The van der Waals surface area contributed by atoms with Crippen LogP contribution in [0.15, 0.2) is 65.1 Å². The molecule has 0 radical (unpaired) electrons. The number of rotatable bonds is 1. The Hall–Kier alpha value is -2.19. The van der Waals surface area contributed by atoms with E-state index in [0.29, 0.717) is 0 Å². The summed E-state index contributed by atoms with van der Waals surface area (Å²) in [7, 11) is 0. The highest BCUT2D eigenvalue weighted by molar-refractivity contribution is 9.10. The third kappa shape index (κ3) is 2.24. The van der Waals surface area contributed by atoms with Crippen LogP contribution in [0.4, 0.5) is 0 Å². The lowest BCUT2D eigenvalue weighted by Gasteiger charge is -2.26. The van der Waals surface area contributed by atoms with E-state index in [1.54, 1.807) is 0 Å². The standard InChI is InChI=1S/C23H17BrO/c24-22-8-4-3-7-18(22)20-12-10-17-19(23(20)25)11-9-16-15-6-2-1-5-14(15)13-21(16)17/h1-9,11,20H,10,12-13H2. The number of hydrogen-bond acceptors (Lipinski definition) is 1. The third-order valence-electron chi connectivity index (χ3n) is 5.65. The molecule has 2 aliphatic carbocycles. The minimum absolute atomic E-state index is 0.0371. The molecular formula is C23H17BrO. The minimum atomic E-state index is -0.0371. The second-order valence-electron chi connectivity index (χ2n) is 6.93. The summed E-state index contributed by atoms with van der Waals surface area (Å²) < 4.78 is 1.03. The minimum Gasteiger partial charge on any atom is -0.293 e. The number of fused-ring (bicyclic) bond motifs is 5. The van der Waals surface area contributed by atoms with E-state index in [0.717, 1.165) is 34.9 Å². The SMILES string of the molecule is O=C1c2ccc3c(c2CCC1c1ccccc1Br)Cc1ccccc1-3. The van der Waals surface area contributed by atoms with Gasteiger partial charge in [-0.2, -0.15) is 0 Å². The topological polar surface area (TPSA) is 17.1 Å². The Morgan fingerprint density at radius 2 is 1.56 bits per heavy atom. The average Bonchev–Trinajstić information content (AvgIpc) is 3.02. The van der Waals surface area contributed by atoms with Gasteiger partial charge in [-0.1, -0.05) is 70.5 Å². The van der Waals surface area contributed by atoms with E-state index in [-0.39, 0.29) is 11.7 Å². The van der Waals surface area contributed by atoms with Crippen molar-refractivity contribution in [2.75, 3.05) is 0 Å². The molecule has 0 aromatic heterocycles. The van der Waals surface area contributed by atoms with Crippen LogP contribution in [0.25, 0.3) is 11.1 Å². The summed E-state index contributed by atoms with van der Waals surface area (Å²) in [4.78, 5) is 13.2. The van der Waals surface area contributed by atoms with Crippen molar-refractivity contribution in [2.24, 2.45) is 0 Å². The summed E-state index contributed by atoms with van der Waals surface area (Å²) in [6.45, 7) is 0. The maximum absolute atomic E-state index is 13.2. The Bertz CT molecular complexity index is 1020. The summed E-state index contributed by atoms with van der Waals surface area (Å²) in [5.74, 6) is 0.233. The zero-order valence-electron chi connectivity index (χ0n) is 13.8. The molecule has 0 N–H and O–H groups in total. The molecule has 1 atom stereocenters. The van der Waals surface area contributed by atoms with Crippen molar-refractivity contribution in [1.29, 1.82) is 0 Å². The van der Waals surface area contributed by atoms with Gasteiger partial charge in [-0.3, -0.25) is 4.79 Å². The molecule has 3 aromatic rings. The van der Waals surface area contributed by atoms with Crippen LogP contribution in [-0.4, -0.2) is 5.78 Å². The van der Waals surface area contributed by atoms with Crippen LogP contribution in [0, 0.1) is 0 Å². The highest BCUT2D eigenvalue weighted by Gasteiger charge is 2.33. The maximum Gasteiger partial charge on any atom is 0.170 e. The van der Waals surface area contributed by atoms with Crippen LogP contribution in [0.3, 0.4) is 0 Å². The van der Waals surface area contributed by atoms with Gasteiger partial charge in [0.05, 0.1) is 0 Å². The Kier molecular flexibility index (Phi) is 3.42. The quantitative estimate of drug-likeness (QED) is 0.394. The smallest absolute Gasteiger partial charge is 0.170 e. The summed E-state index contributed by atoms with van der Waals surface area (Å²) >= 11 is 3.62. The van der Waals surface area contributed by atoms with Gasteiger partial charge in [-0.25, -0.2) is 0 Å². The largest absolute Gasteiger partial charge is 0.293 e. The highest BCUT2D eigenvalue weighted by atomic mass is 79.9. The molecule has 25 heavy (non-hydrogen) atoms. The number of halogens is 1. The van der Waals surface area contributed by atoms with Crippen molar-refractivity contribution in [3.63, 3.8) is 0 Å². The molecule has 0 saturated heterocycles. The molecule has 0 bridgehead atoms. The molecule has 0 aliphatic heterocycles. The molecular weight excluding hydrogens is 372 g/mol. The first kappa shape index (κ1) is 15.1. The van der Waals surface area contributed by atoms with E-state index in [4.69, 9.17) is 0 Å². The molecule has 0 spiro atoms. The molecule has 0 heterocycles. The fraction of sp³-hybridized carbons (Fsp3) is 0.174. The predicted octanol–water partition coefficient (Wildman–Crippen LogP) is 5.93. The molecule has 0 amide bonds. The van der Waals surface area contributed by atoms with Crippen molar-refractivity contribution in [2.45, 2.75) is 25.2 Å². The van der Waals surface area contributed by atoms with Crippen LogP contribution < -0.4 is 0 Å². The lowest BCUT2D eigenvalue weighted by Crippen LogP contribution is -2.22. The van der Waals surface area contributed by atoms with E-state index in [9.17, 15) is 4.79 Å². The Morgan fingerprint density at radius 1 is 0.800 bits per heavy atom. The van der Waals surface area contributed by atoms with Crippen LogP contribution in [0.1, 0.15) is 45.0 Å². The molecule has 0 fully saturated rings. The second kappa shape index (κ2) is 5.67. The fourth-order valence-electron chi connectivity index (χ4n) is 4.45. The molecule has 1 nitrogen and oxygen atoms in total. The van der Waals surface area contributed by atoms with E-state index < -0.39 is 0 Å². The Morgan fingerprint density at radius 3 is 2.44 bits per heavy atom. The van der Waals surface area contributed by atoms with Crippen molar-refractivity contribution >= 4 is 21.7 Å². The number of carbonyl (C=O) groups excluding carboxylic acids is 1. The molecule has 2 aliphatic rings. The van der Waals surface area contributed by atoms with E-state index in [1.807, 2.05) is 18.2 Å². The van der Waals surface area contributed by atoms with Crippen molar-refractivity contribution in [1.82, 2.24) is 0 Å². The van der Waals surface area contributed by atoms with Crippen molar-refractivity contribution < 1.29 is 4.79 Å². The number of hydrogen-bond donors (Lipinski definition) is 0. The zero-order valence-corrected chi connectivity index (χ0v) is 15.3. The molecule has 5 rings (SSSR count). The van der Waals surface area contributed by atoms with E-state index in [1.165, 1.54) is 27.8 Å². The third-order valence-corrected chi connectivity index (χ3v) is 6.37. The van der Waals surface area contributed by atoms with Crippen LogP contribution >= 0.6 is 15.9 Å². The molecule has 122 valence electrons. The lowest BCUT2D eigenvalue weighted by molar-refractivity contribution is 0.0945. The second-order valence-corrected chi connectivity index (χ2v) is 7.78. The van der Waals surface area contributed by atoms with Crippen LogP contribution in [0.2, 0.25) is 0 Å². The summed E-state index contributed by atoms with van der Waals surface area (Å²) in [6.07, 6.45) is 2.83.